The van der Waals surface area contributed by atoms with Crippen molar-refractivity contribution in [3.05, 3.63) is 12.4 Å². The van der Waals surface area contributed by atoms with Crippen LogP contribution in [0.1, 0.15) is 19.3 Å². The number of hydrogen-bond acceptors (Lipinski definition) is 4. The van der Waals surface area contributed by atoms with Gasteiger partial charge < -0.3 is 0 Å². The summed E-state index contributed by atoms with van der Waals surface area (Å²) in [6, 6.07) is -0.334. The van der Waals surface area contributed by atoms with Gasteiger partial charge in [-0.15, -0.1) is 5.11 Å². The lowest BCUT2D eigenvalue weighted by Gasteiger charge is -2.25. The molecule has 4 nitrogen and oxygen atoms in total. The van der Waals surface area contributed by atoms with Gasteiger partial charge in [0.2, 0.25) is 0 Å². The van der Waals surface area contributed by atoms with E-state index in [9.17, 15) is 4.39 Å². The summed E-state index contributed by atoms with van der Waals surface area (Å²) in [5.74, 6) is 0.143. The zero-order chi connectivity index (χ0) is 9.84. The maximum Gasteiger partial charge on any atom is 0.163 e. The molecule has 13 heavy (non-hydrogen) atoms. The molecule has 2 unspecified atom stereocenters. The van der Waals surface area contributed by atoms with E-state index in [1.54, 1.807) is 0 Å². The first kappa shape index (κ1) is 9.83. The van der Waals surface area contributed by atoms with E-state index in [1.807, 2.05) is 0 Å². The minimum Gasteiger partial charge on any atom is -0.245 e. The molecule has 0 heterocycles. The fourth-order valence-corrected chi connectivity index (χ4v) is 1.60. The molecule has 0 amide bonds. The van der Waals surface area contributed by atoms with Crippen molar-refractivity contribution in [1.29, 1.82) is 5.53 Å². The Labute approximate surface area is 76.6 Å². The van der Waals surface area contributed by atoms with Gasteiger partial charge in [0.15, 0.2) is 5.82 Å². The molecule has 1 aliphatic rings. The van der Waals surface area contributed by atoms with Gasteiger partial charge in [0.25, 0.3) is 0 Å². The van der Waals surface area contributed by atoms with E-state index in [-0.39, 0.29) is 11.9 Å². The highest BCUT2D eigenvalue weighted by molar-refractivity contribution is 5.23. The largest absolute Gasteiger partial charge is 0.245 e. The molecule has 0 bridgehead atoms. The van der Waals surface area contributed by atoms with Gasteiger partial charge in [-0.1, -0.05) is 6.58 Å². The Morgan fingerprint density at radius 2 is 2.23 bits per heavy atom. The molecule has 1 aliphatic carbocycles. The van der Waals surface area contributed by atoms with Crippen LogP contribution >= 0.6 is 0 Å². The average Bonchev–Trinajstić information content (AvgIpc) is 2.53. The van der Waals surface area contributed by atoms with E-state index in [1.165, 1.54) is 5.01 Å². The Bertz CT molecular complexity index is 228. The third-order valence-electron chi connectivity index (χ3n) is 2.26. The average molecular weight is 184 g/mol. The molecule has 0 radical (unpaired) electrons. The molecule has 0 aliphatic heterocycles. The van der Waals surface area contributed by atoms with Gasteiger partial charge in [0.05, 0.1) is 6.04 Å². The van der Waals surface area contributed by atoms with Crippen molar-refractivity contribution in [3.63, 3.8) is 0 Å². The summed E-state index contributed by atoms with van der Waals surface area (Å²) in [5, 5.41) is 8.04. The predicted octanol–water partition coefficient (Wildman–Crippen LogP) is 2.30. The molecule has 2 atom stereocenters. The highest BCUT2D eigenvalue weighted by Crippen LogP contribution is 2.29. The van der Waals surface area contributed by atoms with E-state index in [0.29, 0.717) is 12.8 Å². The third-order valence-corrected chi connectivity index (χ3v) is 2.26. The van der Waals surface area contributed by atoms with Crippen LogP contribution in [-0.4, -0.2) is 23.9 Å². The fraction of sp³-hybridized carbons (Fsp3) is 0.625. The number of nitrogens with one attached hydrogen (secondary N) is 1. The van der Waals surface area contributed by atoms with Crippen molar-refractivity contribution in [3.8, 4) is 0 Å². The summed E-state index contributed by atoms with van der Waals surface area (Å²) in [7, 11) is 0. The zero-order valence-electron chi connectivity index (χ0n) is 7.41. The Kier molecular flexibility index (Phi) is 3.11. The Morgan fingerprint density at radius 3 is 2.62 bits per heavy atom. The summed E-state index contributed by atoms with van der Waals surface area (Å²) in [5.41, 5.74) is 6.75. The van der Waals surface area contributed by atoms with Crippen molar-refractivity contribution in [2.45, 2.75) is 31.5 Å². The van der Waals surface area contributed by atoms with Crippen LogP contribution in [0.2, 0.25) is 0 Å². The van der Waals surface area contributed by atoms with Crippen LogP contribution in [0.5, 0.6) is 0 Å². The Balaban J connectivity index is 2.70. The minimum atomic E-state index is -0.913. The van der Waals surface area contributed by atoms with Crippen molar-refractivity contribution in [2.24, 2.45) is 10.2 Å². The van der Waals surface area contributed by atoms with Gasteiger partial charge in [0.1, 0.15) is 6.17 Å². The second kappa shape index (κ2) is 4.11. The van der Waals surface area contributed by atoms with Gasteiger partial charge in [-0.25, -0.2) is 14.9 Å². The number of nitrogens with zero attached hydrogens (tertiary/aromatic N) is 3. The molecule has 0 aromatic rings. The number of alkyl halides is 1. The molecule has 1 rings (SSSR count). The molecular formula is C8H13FN4. The van der Waals surface area contributed by atoms with Gasteiger partial charge >= 0.3 is 0 Å². The summed E-state index contributed by atoms with van der Waals surface area (Å²) in [4.78, 5) is 0. The van der Waals surface area contributed by atoms with Crippen LogP contribution in [0.15, 0.2) is 22.6 Å². The maximum atomic E-state index is 13.2. The minimum absolute atomic E-state index is 0.143. The first-order chi connectivity index (χ1) is 6.20. The first-order valence-corrected chi connectivity index (χ1v) is 4.17. The molecule has 1 N–H and O–H groups in total. The molecule has 0 aromatic carbocycles. The van der Waals surface area contributed by atoms with Crippen LogP contribution in [0.4, 0.5) is 4.39 Å². The molecule has 1 saturated carbocycles. The number of hydrogen-bond donors (Lipinski definition) is 1. The normalized spacial score (nSPS) is 26.8. The Hall–Kier alpha value is -1.26. The second-order valence-electron chi connectivity index (χ2n) is 3.03. The Morgan fingerprint density at radius 1 is 1.54 bits per heavy atom. The monoisotopic (exact) mass is 184 g/mol. The lowest BCUT2D eigenvalue weighted by Crippen LogP contribution is -2.33. The van der Waals surface area contributed by atoms with E-state index in [2.05, 4.69) is 23.5 Å². The fourth-order valence-electron chi connectivity index (χ4n) is 1.60. The topological polar surface area (TPSA) is 51.8 Å². The standard InChI is InChI=1S/C8H13FN4/c1-6(12-10)13(11-2)8-5-3-4-7(8)9/h7-8,10H,1-5H2. The van der Waals surface area contributed by atoms with Gasteiger partial charge in [-0.2, -0.15) is 5.10 Å². The van der Waals surface area contributed by atoms with Crippen molar-refractivity contribution >= 4 is 6.72 Å². The molecule has 1 fully saturated rings. The van der Waals surface area contributed by atoms with Gasteiger partial charge in [0, 0.05) is 6.72 Å². The van der Waals surface area contributed by atoms with E-state index < -0.39 is 6.17 Å². The van der Waals surface area contributed by atoms with E-state index in [4.69, 9.17) is 5.53 Å². The third kappa shape index (κ3) is 1.91. The summed E-state index contributed by atoms with van der Waals surface area (Å²) < 4.78 is 13.2. The summed E-state index contributed by atoms with van der Waals surface area (Å²) in [6.07, 6.45) is 1.18. The van der Waals surface area contributed by atoms with Crippen molar-refractivity contribution in [2.75, 3.05) is 0 Å². The van der Waals surface area contributed by atoms with E-state index in [0.717, 1.165) is 6.42 Å². The van der Waals surface area contributed by atoms with Gasteiger partial charge in [-0.05, 0) is 19.3 Å². The molecule has 0 spiro atoms. The van der Waals surface area contributed by atoms with Crippen molar-refractivity contribution in [1.82, 2.24) is 5.01 Å². The maximum absolute atomic E-state index is 13.2. The molecule has 0 saturated heterocycles. The van der Waals surface area contributed by atoms with Crippen LogP contribution in [-0.2, 0) is 0 Å². The highest BCUT2D eigenvalue weighted by Gasteiger charge is 2.32. The van der Waals surface area contributed by atoms with Crippen LogP contribution in [0, 0.1) is 5.53 Å². The summed E-state index contributed by atoms with van der Waals surface area (Å²) in [6.45, 7) is 6.81. The lowest BCUT2D eigenvalue weighted by molar-refractivity contribution is 0.169. The second-order valence-corrected chi connectivity index (χ2v) is 3.03. The first-order valence-electron chi connectivity index (χ1n) is 4.17. The summed E-state index contributed by atoms with van der Waals surface area (Å²) >= 11 is 0. The number of rotatable bonds is 4. The number of halogens is 1. The molecule has 72 valence electrons. The van der Waals surface area contributed by atoms with Crippen LogP contribution in [0.3, 0.4) is 0 Å². The number of hydrazone groups is 1. The van der Waals surface area contributed by atoms with E-state index >= 15 is 0 Å². The lowest BCUT2D eigenvalue weighted by atomic mass is 10.2. The predicted molar refractivity (Wildman–Crippen MR) is 48.2 cm³/mol. The van der Waals surface area contributed by atoms with Crippen LogP contribution in [0.25, 0.3) is 0 Å². The molecule has 5 heteroatoms. The highest BCUT2D eigenvalue weighted by atomic mass is 19.1. The molecule has 0 aromatic heterocycles. The zero-order valence-corrected chi connectivity index (χ0v) is 7.41. The quantitative estimate of drug-likeness (QED) is 0.407. The van der Waals surface area contributed by atoms with Gasteiger partial charge in [-0.3, -0.25) is 0 Å². The van der Waals surface area contributed by atoms with Crippen molar-refractivity contribution < 1.29 is 4.39 Å². The SMILES string of the molecule is C=NN(C(=C)N=N)C1CCCC1F. The van der Waals surface area contributed by atoms with Crippen LogP contribution < -0.4 is 0 Å². The molecular weight excluding hydrogens is 171 g/mol. The smallest absolute Gasteiger partial charge is 0.163 e.